The van der Waals surface area contributed by atoms with Gasteiger partial charge < -0.3 is 19.7 Å². The van der Waals surface area contributed by atoms with Crippen LogP contribution in [0.5, 0.6) is 0 Å². The highest BCUT2D eigenvalue weighted by Gasteiger charge is 2.42. The summed E-state index contributed by atoms with van der Waals surface area (Å²) in [5.74, 6) is 0.263. The number of methoxy groups -OCH3 is 1. The molecule has 2 rings (SSSR count). The normalized spacial score (nSPS) is 30.8. The molecule has 0 heterocycles. The number of hydrogen-bond donors (Lipinski definition) is 2. The molecule has 188 valence electrons. The first-order valence-corrected chi connectivity index (χ1v) is 12.8. The predicted octanol–water partition coefficient (Wildman–Crippen LogP) is 4.73. The van der Waals surface area contributed by atoms with E-state index in [1.54, 1.807) is 0 Å². The second-order valence-electron chi connectivity index (χ2n) is 9.82. The van der Waals surface area contributed by atoms with Crippen LogP contribution in [-0.2, 0) is 19.1 Å². The van der Waals surface area contributed by atoms with Gasteiger partial charge in [-0.05, 0) is 43.9 Å². The smallest absolute Gasteiger partial charge is 0.305 e. The van der Waals surface area contributed by atoms with Crippen molar-refractivity contribution in [1.29, 1.82) is 0 Å². The van der Waals surface area contributed by atoms with Crippen LogP contribution in [-0.4, -0.2) is 47.6 Å². The van der Waals surface area contributed by atoms with Crippen molar-refractivity contribution in [3.8, 4) is 0 Å². The Labute approximate surface area is 199 Å². The number of hydrogen-bond acceptors (Lipinski definition) is 6. The molecule has 33 heavy (non-hydrogen) atoms. The minimum atomic E-state index is -0.601. The van der Waals surface area contributed by atoms with E-state index in [9.17, 15) is 19.8 Å². The van der Waals surface area contributed by atoms with Crippen LogP contribution in [0.4, 0.5) is 0 Å². The second-order valence-corrected chi connectivity index (χ2v) is 9.82. The van der Waals surface area contributed by atoms with Gasteiger partial charge >= 0.3 is 11.9 Å². The number of aliphatic hydroxyl groups is 2. The largest absolute Gasteiger partial charge is 0.469 e. The van der Waals surface area contributed by atoms with E-state index in [1.165, 1.54) is 39.7 Å². The average Bonchev–Trinajstić information content (AvgIpc) is 3.37. The van der Waals surface area contributed by atoms with Gasteiger partial charge in [-0.2, -0.15) is 0 Å². The van der Waals surface area contributed by atoms with Crippen LogP contribution in [0.25, 0.3) is 0 Å². The van der Waals surface area contributed by atoms with Crippen molar-refractivity contribution in [2.45, 2.75) is 103 Å². The highest BCUT2D eigenvalue weighted by atomic mass is 16.5. The molecule has 0 aromatic rings. The average molecular weight is 465 g/mol. The van der Waals surface area contributed by atoms with Gasteiger partial charge in [0.15, 0.2) is 0 Å². The summed E-state index contributed by atoms with van der Waals surface area (Å²) in [4.78, 5) is 22.8. The summed E-state index contributed by atoms with van der Waals surface area (Å²) in [6.07, 6.45) is 16.5. The van der Waals surface area contributed by atoms with Crippen LogP contribution in [0.1, 0.15) is 84.5 Å². The Hall–Kier alpha value is -1.66. The third kappa shape index (κ3) is 9.24. The predicted molar refractivity (Wildman–Crippen MR) is 128 cm³/mol. The standard InChI is InChI=1S/C27H44O6/c1-4-5-10-20-13-14-21(17-20)24(29)16-15-22-23(26(18-25(22)30)33-19(2)28)11-8-6-7-9-12-27(31)32-3/h6,8,15-16,20-26,29-30H,4-5,7,9-14,17-18H2,1-3H3/b8-6-,16-15+/t20?,21?,22-,23-,24-,25-,26+/m1/s1. The van der Waals surface area contributed by atoms with Gasteiger partial charge in [-0.3, -0.25) is 9.59 Å². The van der Waals surface area contributed by atoms with Crippen LogP contribution in [0.3, 0.4) is 0 Å². The molecule has 0 bridgehead atoms. The molecular formula is C27H44O6. The van der Waals surface area contributed by atoms with E-state index in [-0.39, 0.29) is 29.9 Å². The Morgan fingerprint density at radius 3 is 2.64 bits per heavy atom. The molecule has 2 aliphatic rings. The summed E-state index contributed by atoms with van der Waals surface area (Å²) in [6, 6.07) is 0. The van der Waals surface area contributed by atoms with Gasteiger partial charge in [0.1, 0.15) is 6.10 Å². The number of unbranched alkanes of at least 4 members (excludes halogenated alkanes) is 2. The molecule has 2 N–H and O–H groups in total. The molecule has 0 radical (unpaired) electrons. The van der Waals surface area contributed by atoms with Gasteiger partial charge in [-0.15, -0.1) is 0 Å². The number of ether oxygens (including phenoxy) is 2. The van der Waals surface area contributed by atoms with Gasteiger partial charge in [0.05, 0.1) is 19.3 Å². The van der Waals surface area contributed by atoms with Crippen molar-refractivity contribution in [3.63, 3.8) is 0 Å². The van der Waals surface area contributed by atoms with Crippen LogP contribution in [0.15, 0.2) is 24.3 Å². The summed E-state index contributed by atoms with van der Waals surface area (Å²) in [6.45, 7) is 3.61. The van der Waals surface area contributed by atoms with E-state index >= 15 is 0 Å². The Morgan fingerprint density at radius 2 is 1.94 bits per heavy atom. The molecule has 0 aliphatic heterocycles. The second kappa shape index (κ2) is 14.6. The molecule has 0 saturated heterocycles. The van der Waals surface area contributed by atoms with E-state index in [4.69, 9.17) is 4.74 Å². The minimum absolute atomic E-state index is 0.0370. The molecule has 6 nitrogen and oxygen atoms in total. The molecule has 2 unspecified atom stereocenters. The van der Waals surface area contributed by atoms with Crippen molar-refractivity contribution < 1.29 is 29.3 Å². The number of allylic oxidation sites excluding steroid dienone is 2. The molecule has 0 spiro atoms. The van der Waals surface area contributed by atoms with E-state index in [1.807, 2.05) is 24.3 Å². The zero-order valence-electron chi connectivity index (χ0n) is 20.7. The van der Waals surface area contributed by atoms with E-state index in [2.05, 4.69) is 11.7 Å². The molecule has 0 aromatic heterocycles. The summed E-state index contributed by atoms with van der Waals surface area (Å²) in [5.41, 5.74) is 0. The lowest BCUT2D eigenvalue weighted by Crippen LogP contribution is -2.24. The van der Waals surface area contributed by atoms with Crippen LogP contribution in [0, 0.1) is 23.7 Å². The fourth-order valence-corrected chi connectivity index (χ4v) is 5.45. The van der Waals surface area contributed by atoms with Gasteiger partial charge in [0.2, 0.25) is 0 Å². The van der Waals surface area contributed by atoms with Gasteiger partial charge in [0, 0.05) is 31.6 Å². The van der Waals surface area contributed by atoms with Crippen LogP contribution < -0.4 is 0 Å². The number of carbonyl (C=O) groups is 2. The van der Waals surface area contributed by atoms with Crippen molar-refractivity contribution in [3.05, 3.63) is 24.3 Å². The molecule has 2 aliphatic carbocycles. The molecule has 2 saturated carbocycles. The zero-order valence-corrected chi connectivity index (χ0v) is 20.7. The maximum Gasteiger partial charge on any atom is 0.305 e. The van der Waals surface area contributed by atoms with E-state index in [0.717, 1.165) is 31.6 Å². The third-order valence-corrected chi connectivity index (χ3v) is 7.32. The van der Waals surface area contributed by atoms with E-state index in [0.29, 0.717) is 25.2 Å². The SMILES string of the molecule is CCCCC1CCC([C@H](O)/C=C/[C@@H]2[C@@H](C/C=C\CCCC(=O)OC)[C@@H](OC(C)=O)C[C@H]2O)C1. The highest BCUT2D eigenvalue weighted by Crippen LogP contribution is 2.40. The first-order chi connectivity index (χ1) is 15.8. The van der Waals surface area contributed by atoms with Crippen molar-refractivity contribution >= 4 is 11.9 Å². The first-order valence-electron chi connectivity index (χ1n) is 12.8. The van der Waals surface area contributed by atoms with Crippen LogP contribution in [0.2, 0.25) is 0 Å². The highest BCUT2D eigenvalue weighted by molar-refractivity contribution is 5.69. The molecule has 7 atom stereocenters. The fraction of sp³-hybridized carbons (Fsp3) is 0.778. The molecule has 0 amide bonds. The fourth-order valence-electron chi connectivity index (χ4n) is 5.45. The number of aliphatic hydroxyl groups excluding tert-OH is 2. The Morgan fingerprint density at radius 1 is 1.15 bits per heavy atom. The summed E-state index contributed by atoms with van der Waals surface area (Å²) < 4.78 is 10.2. The Bertz CT molecular complexity index is 657. The summed E-state index contributed by atoms with van der Waals surface area (Å²) >= 11 is 0. The summed E-state index contributed by atoms with van der Waals surface area (Å²) in [5, 5.41) is 21.5. The van der Waals surface area contributed by atoms with Crippen LogP contribution >= 0.6 is 0 Å². The number of rotatable bonds is 13. The lowest BCUT2D eigenvalue weighted by atomic mass is 9.88. The van der Waals surface area contributed by atoms with Gasteiger partial charge in [-0.25, -0.2) is 0 Å². The maximum absolute atomic E-state index is 11.6. The summed E-state index contributed by atoms with van der Waals surface area (Å²) in [7, 11) is 1.39. The molecule has 2 fully saturated rings. The van der Waals surface area contributed by atoms with Crippen molar-refractivity contribution in [2.24, 2.45) is 23.7 Å². The number of esters is 2. The topological polar surface area (TPSA) is 93.1 Å². The first kappa shape index (κ1) is 27.6. The van der Waals surface area contributed by atoms with E-state index < -0.39 is 12.2 Å². The molecule has 0 aromatic carbocycles. The molecule has 6 heteroatoms. The monoisotopic (exact) mass is 464 g/mol. The Balaban J connectivity index is 1.94. The van der Waals surface area contributed by atoms with Crippen molar-refractivity contribution in [1.82, 2.24) is 0 Å². The zero-order chi connectivity index (χ0) is 24.2. The lowest BCUT2D eigenvalue weighted by molar-refractivity contribution is -0.148. The van der Waals surface area contributed by atoms with Crippen molar-refractivity contribution in [2.75, 3.05) is 7.11 Å². The maximum atomic E-state index is 11.6. The molecular weight excluding hydrogens is 420 g/mol. The minimum Gasteiger partial charge on any atom is -0.469 e. The Kier molecular flexibility index (Phi) is 12.2. The number of carbonyl (C=O) groups excluding carboxylic acids is 2. The van der Waals surface area contributed by atoms with Gasteiger partial charge in [0.25, 0.3) is 0 Å². The lowest BCUT2D eigenvalue weighted by Gasteiger charge is -2.23. The third-order valence-electron chi connectivity index (χ3n) is 7.32. The van der Waals surface area contributed by atoms with Gasteiger partial charge in [-0.1, -0.05) is 56.9 Å². The quantitative estimate of drug-likeness (QED) is 0.233.